The van der Waals surface area contributed by atoms with Crippen LogP contribution in [-0.4, -0.2) is 0 Å². The molecule has 1 unspecified atom stereocenters. The molecule has 0 aliphatic rings. The van der Waals surface area contributed by atoms with E-state index < -0.39 is 0 Å². The van der Waals surface area contributed by atoms with Gasteiger partial charge in [-0.05, 0) is 12.3 Å². The zero-order valence-corrected chi connectivity index (χ0v) is 5.69. The molecule has 0 saturated heterocycles. The van der Waals surface area contributed by atoms with E-state index in [-0.39, 0.29) is 0 Å². The molecule has 0 radical (unpaired) electrons. The van der Waals surface area contributed by atoms with Gasteiger partial charge in [-0.2, -0.15) is 6.42 Å². The Morgan fingerprint density at radius 3 is 2.50 bits per heavy atom. The molecule has 0 N–H and O–H groups in total. The van der Waals surface area contributed by atoms with Crippen molar-refractivity contribution < 1.29 is 0 Å². The van der Waals surface area contributed by atoms with Crippen LogP contribution in [0.2, 0.25) is 0 Å². The van der Waals surface area contributed by atoms with Crippen LogP contribution in [0.1, 0.15) is 26.2 Å². The quantitative estimate of drug-likeness (QED) is 0.386. The summed E-state index contributed by atoms with van der Waals surface area (Å²) < 4.78 is 0. The van der Waals surface area contributed by atoms with Crippen molar-refractivity contribution >= 4 is 0 Å². The summed E-state index contributed by atoms with van der Waals surface area (Å²) in [6.45, 7) is 9.68. The van der Waals surface area contributed by atoms with Crippen LogP contribution >= 0.6 is 0 Å². The molecule has 1 atom stereocenters. The van der Waals surface area contributed by atoms with Gasteiger partial charge in [-0.25, -0.2) is 0 Å². The van der Waals surface area contributed by atoms with Crippen molar-refractivity contribution in [2.24, 2.45) is 5.92 Å². The monoisotopic (exact) mass is 111 g/mol. The summed E-state index contributed by atoms with van der Waals surface area (Å²) in [7, 11) is 0. The van der Waals surface area contributed by atoms with Gasteiger partial charge in [0.05, 0.1) is 0 Å². The first-order chi connectivity index (χ1) is 3.85. The van der Waals surface area contributed by atoms with Crippen molar-refractivity contribution in [1.29, 1.82) is 0 Å². The Bertz CT molecular complexity index is 55.1. The Hall–Kier alpha value is -0.260. The number of hydrogen-bond acceptors (Lipinski definition) is 0. The molecule has 48 valence electrons. The van der Waals surface area contributed by atoms with Crippen LogP contribution in [-0.2, 0) is 0 Å². The topological polar surface area (TPSA) is 0 Å². The van der Waals surface area contributed by atoms with E-state index in [4.69, 9.17) is 0 Å². The minimum absolute atomic E-state index is 0.701. The molecule has 0 heteroatoms. The van der Waals surface area contributed by atoms with Crippen LogP contribution in [0.15, 0.2) is 12.7 Å². The van der Waals surface area contributed by atoms with E-state index in [1.54, 1.807) is 0 Å². The van der Waals surface area contributed by atoms with Gasteiger partial charge in [0.15, 0.2) is 0 Å². The van der Waals surface area contributed by atoms with Crippen molar-refractivity contribution in [3.8, 4) is 0 Å². The molecule has 0 amide bonds. The highest BCUT2D eigenvalue weighted by atomic mass is 14.0. The van der Waals surface area contributed by atoms with Gasteiger partial charge in [0.2, 0.25) is 0 Å². The van der Waals surface area contributed by atoms with Crippen LogP contribution in [0.4, 0.5) is 0 Å². The van der Waals surface area contributed by atoms with E-state index in [0.29, 0.717) is 5.92 Å². The van der Waals surface area contributed by atoms with Crippen LogP contribution in [0, 0.1) is 12.8 Å². The predicted octanol–water partition coefficient (Wildman–Crippen LogP) is 2.81. The fourth-order valence-corrected chi connectivity index (χ4v) is 0.751. The summed E-state index contributed by atoms with van der Waals surface area (Å²) in [6.07, 6.45) is 5.45. The molecule has 0 aliphatic heterocycles. The van der Waals surface area contributed by atoms with Gasteiger partial charge in [-0.1, -0.05) is 19.4 Å². The van der Waals surface area contributed by atoms with Crippen molar-refractivity contribution in [3.05, 3.63) is 19.6 Å². The lowest BCUT2D eigenvalue weighted by Gasteiger charge is -2.07. The maximum atomic E-state index is 3.77. The van der Waals surface area contributed by atoms with Gasteiger partial charge in [0.1, 0.15) is 0 Å². The summed E-state index contributed by atoms with van der Waals surface area (Å²) in [5.74, 6) is 0.701. The molecular weight excluding hydrogens is 96.1 g/mol. The molecule has 0 heterocycles. The van der Waals surface area contributed by atoms with Crippen LogP contribution < -0.4 is 0 Å². The standard InChI is InChI=1S/C8H15/c1-4-7-8(5-2)6-3/h5,8H,1-2,4,6-7H2,3H3/q-1. The highest BCUT2D eigenvalue weighted by molar-refractivity contribution is 4.77. The molecule has 0 rings (SSSR count). The highest BCUT2D eigenvalue weighted by Crippen LogP contribution is 2.09. The zero-order valence-electron chi connectivity index (χ0n) is 5.69. The largest absolute Gasteiger partial charge is 0.343 e. The van der Waals surface area contributed by atoms with Crippen molar-refractivity contribution in [2.45, 2.75) is 26.2 Å². The van der Waals surface area contributed by atoms with Crippen molar-refractivity contribution in [1.82, 2.24) is 0 Å². The summed E-state index contributed by atoms with van der Waals surface area (Å²) in [4.78, 5) is 0. The highest BCUT2D eigenvalue weighted by Gasteiger charge is 1.93. The minimum Gasteiger partial charge on any atom is -0.343 e. The first-order valence-corrected chi connectivity index (χ1v) is 3.27. The van der Waals surface area contributed by atoms with Gasteiger partial charge in [-0.3, -0.25) is 0 Å². The third-order valence-corrected chi connectivity index (χ3v) is 1.43. The fourth-order valence-electron chi connectivity index (χ4n) is 0.751. The van der Waals surface area contributed by atoms with Crippen LogP contribution in [0.3, 0.4) is 0 Å². The normalized spacial score (nSPS) is 13.2. The van der Waals surface area contributed by atoms with Gasteiger partial charge < -0.3 is 6.92 Å². The van der Waals surface area contributed by atoms with Gasteiger partial charge >= 0.3 is 0 Å². The summed E-state index contributed by atoms with van der Waals surface area (Å²) in [6, 6.07) is 0. The average molecular weight is 111 g/mol. The molecule has 0 aromatic rings. The average Bonchev–Trinajstić information content (AvgIpc) is 1.83. The molecule has 0 aromatic heterocycles. The van der Waals surface area contributed by atoms with E-state index in [1.807, 2.05) is 6.08 Å². The SMILES string of the molecule is C=CC(CC)CC[CH2-]. The molecule has 0 bridgehead atoms. The predicted molar refractivity (Wildman–Crippen MR) is 38.6 cm³/mol. The first-order valence-electron chi connectivity index (χ1n) is 3.27. The second-order valence-corrected chi connectivity index (χ2v) is 2.05. The Morgan fingerprint density at radius 2 is 2.38 bits per heavy atom. The van der Waals surface area contributed by atoms with E-state index >= 15 is 0 Å². The second kappa shape index (κ2) is 4.89. The van der Waals surface area contributed by atoms with E-state index in [1.165, 1.54) is 12.8 Å². The molecular formula is C8H15-. The smallest absolute Gasteiger partial charge is 0.0263 e. The Labute approximate surface area is 52.6 Å². The first kappa shape index (κ1) is 7.74. The number of hydrogen-bond donors (Lipinski definition) is 0. The molecule has 0 spiro atoms. The molecule has 0 aromatic carbocycles. The summed E-state index contributed by atoms with van der Waals surface area (Å²) in [5, 5.41) is 0. The lowest BCUT2D eigenvalue weighted by Crippen LogP contribution is -1.90. The third kappa shape index (κ3) is 2.84. The molecule has 8 heavy (non-hydrogen) atoms. The molecule has 0 saturated carbocycles. The molecule has 0 aliphatic carbocycles. The maximum absolute atomic E-state index is 3.77. The van der Waals surface area contributed by atoms with Gasteiger partial charge in [0, 0.05) is 0 Å². The van der Waals surface area contributed by atoms with E-state index in [2.05, 4.69) is 20.4 Å². The number of rotatable bonds is 4. The lowest BCUT2D eigenvalue weighted by atomic mass is 10.0. The van der Waals surface area contributed by atoms with Gasteiger partial charge in [-0.15, -0.1) is 6.58 Å². The zero-order chi connectivity index (χ0) is 6.41. The Morgan fingerprint density at radius 1 is 1.75 bits per heavy atom. The fraction of sp³-hybridized carbons (Fsp3) is 0.625. The molecule has 0 fully saturated rings. The van der Waals surface area contributed by atoms with Crippen LogP contribution in [0.25, 0.3) is 0 Å². The van der Waals surface area contributed by atoms with E-state index in [9.17, 15) is 0 Å². The maximum Gasteiger partial charge on any atom is -0.0263 e. The lowest BCUT2D eigenvalue weighted by molar-refractivity contribution is 0.579. The third-order valence-electron chi connectivity index (χ3n) is 1.43. The van der Waals surface area contributed by atoms with Gasteiger partial charge in [0.25, 0.3) is 0 Å². The minimum atomic E-state index is 0.701. The van der Waals surface area contributed by atoms with Crippen molar-refractivity contribution in [2.75, 3.05) is 0 Å². The summed E-state index contributed by atoms with van der Waals surface area (Å²) in [5.41, 5.74) is 0. The number of allylic oxidation sites excluding steroid dienone is 1. The van der Waals surface area contributed by atoms with E-state index in [0.717, 1.165) is 6.42 Å². The second-order valence-electron chi connectivity index (χ2n) is 2.05. The van der Waals surface area contributed by atoms with Crippen molar-refractivity contribution in [3.63, 3.8) is 0 Å². The Kier molecular flexibility index (Phi) is 4.73. The summed E-state index contributed by atoms with van der Waals surface area (Å²) >= 11 is 0. The Balaban J connectivity index is 3.21. The van der Waals surface area contributed by atoms with Crippen LogP contribution in [0.5, 0.6) is 0 Å². The molecule has 0 nitrogen and oxygen atoms in total.